The summed E-state index contributed by atoms with van der Waals surface area (Å²) in [7, 11) is 0. The number of hydrogen-bond acceptors (Lipinski definition) is 6. The molecule has 0 amide bonds. The van der Waals surface area contributed by atoms with Gasteiger partial charge in [0.25, 0.3) is 0 Å². The summed E-state index contributed by atoms with van der Waals surface area (Å²) in [5.74, 6) is 1.34. The van der Waals surface area contributed by atoms with E-state index < -0.39 is 5.97 Å². The molecule has 0 bridgehead atoms. The molecule has 81 heavy (non-hydrogen) atoms. The molecule has 3 radical (unpaired) electrons. The Balaban J connectivity index is -0.000000486. The van der Waals surface area contributed by atoms with Crippen molar-refractivity contribution in [2.24, 2.45) is 35.5 Å². The summed E-state index contributed by atoms with van der Waals surface area (Å²) < 4.78 is 6.41. The number of Topliss-reactive ketones (excluding diaryl/α,β-unsaturated/α-hetero) is 1. The summed E-state index contributed by atoms with van der Waals surface area (Å²) in [6, 6.07) is 28.0. The average Bonchev–Trinajstić information content (AvgIpc) is 3.51. The zero-order chi connectivity index (χ0) is 59.2. The SMILES string of the molecule is C=C.C=CC(=O)C1CCCC(Cn2ccc(=O)c3ccccc32)C1.CC.CC.CC.CC.CC.CC.CC(=O)C1CCCC(Cn2ccc(=O)c3ccccc32)C1.O=C(O)C1CCCC(Cn2ccc(=O)c3ccccc32)C1.[Y].[Y].[Y]. The molecule has 3 heterocycles. The van der Waals surface area contributed by atoms with Gasteiger partial charge in [-0.15, -0.1) is 13.2 Å². The van der Waals surface area contributed by atoms with Crippen LogP contribution < -0.4 is 16.3 Å². The van der Waals surface area contributed by atoms with Gasteiger partial charge in [-0.1, -0.05) is 145 Å². The average molecular weight is 1340 g/mol. The number of rotatable bonds is 10. The maximum atomic E-state index is 11.9. The number of aliphatic carboxylic acids is 1. The number of carboxylic acids is 1. The minimum absolute atomic E-state index is 0. The predicted octanol–water partition coefficient (Wildman–Crippen LogP) is 16.8. The predicted molar refractivity (Wildman–Crippen MR) is 334 cm³/mol. The van der Waals surface area contributed by atoms with Gasteiger partial charge in [-0.2, -0.15) is 0 Å². The number of pyridine rings is 3. The van der Waals surface area contributed by atoms with Crippen molar-refractivity contribution in [3.05, 3.63) is 166 Å². The summed E-state index contributed by atoms with van der Waals surface area (Å²) in [5.41, 5.74) is 3.08. The first-order valence-corrected chi connectivity index (χ1v) is 29.6. The first-order valence-electron chi connectivity index (χ1n) is 29.6. The Bertz CT molecular complexity index is 2710. The Kier molecular flexibility index (Phi) is 52.3. The molecular weight excluding hydrogens is 1240 g/mol. The number of ketones is 2. The van der Waals surface area contributed by atoms with Crippen molar-refractivity contribution < 1.29 is 118 Å². The second-order valence-electron chi connectivity index (χ2n) is 18.3. The Labute approximate surface area is 563 Å². The Morgan fingerprint density at radius 2 is 0.728 bits per heavy atom. The third-order valence-corrected chi connectivity index (χ3v) is 13.9. The fraction of sp³-hybridized carbons (Fsp3) is 0.500. The van der Waals surface area contributed by atoms with Crippen LogP contribution in [0.15, 0.2) is 150 Å². The van der Waals surface area contributed by atoms with Crippen molar-refractivity contribution >= 4 is 50.2 Å². The Morgan fingerprint density at radius 1 is 0.457 bits per heavy atom. The molecule has 439 valence electrons. The van der Waals surface area contributed by atoms with E-state index in [0.717, 1.165) is 123 Å². The number of hydrogen-bond donors (Lipinski definition) is 1. The van der Waals surface area contributed by atoms with Gasteiger partial charge in [0.15, 0.2) is 22.1 Å². The second kappa shape index (κ2) is 50.2. The first kappa shape index (κ1) is 84.3. The summed E-state index contributed by atoms with van der Waals surface area (Å²) in [5, 5.41) is 11.4. The molecule has 6 unspecified atom stereocenters. The fourth-order valence-corrected chi connectivity index (χ4v) is 10.5. The molecule has 0 aliphatic heterocycles. The number of benzene rings is 3. The maximum absolute atomic E-state index is 11.9. The molecule has 0 saturated heterocycles. The van der Waals surface area contributed by atoms with E-state index >= 15 is 0 Å². The summed E-state index contributed by atoms with van der Waals surface area (Å²) in [6.45, 7) is 37.9. The molecular formula is C68H101N3O7Y3. The third-order valence-electron chi connectivity index (χ3n) is 13.9. The van der Waals surface area contributed by atoms with Crippen LogP contribution in [0.4, 0.5) is 0 Å². The van der Waals surface area contributed by atoms with Gasteiger partial charge in [0.05, 0.1) is 22.5 Å². The largest absolute Gasteiger partial charge is 0.481 e. The van der Waals surface area contributed by atoms with Crippen LogP contribution in [0.5, 0.6) is 0 Å². The van der Waals surface area contributed by atoms with Crippen LogP contribution in [0.3, 0.4) is 0 Å². The molecule has 0 spiro atoms. The first-order chi connectivity index (χ1) is 38.0. The smallest absolute Gasteiger partial charge is 0.306 e. The van der Waals surface area contributed by atoms with Crippen LogP contribution in [0.2, 0.25) is 0 Å². The number of nitrogens with zero attached hydrogens (tertiary/aromatic N) is 3. The molecule has 3 saturated carbocycles. The normalized spacial score (nSPS) is 17.9. The van der Waals surface area contributed by atoms with Gasteiger partial charge in [-0.25, -0.2) is 0 Å². The zero-order valence-electron chi connectivity index (χ0n) is 52.1. The van der Waals surface area contributed by atoms with Crippen molar-refractivity contribution in [1.29, 1.82) is 0 Å². The molecule has 6 aromatic rings. The van der Waals surface area contributed by atoms with Crippen molar-refractivity contribution in [3.8, 4) is 0 Å². The maximum Gasteiger partial charge on any atom is 0.306 e. The summed E-state index contributed by atoms with van der Waals surface area (Å²) in [4.78, 5) is 70.3. The van der Waals surface area contributed by atoms with Gasteiger partial charge >= 0.3 is 5.97 Å². The Morgan fingerprint density at radius 3 is 1.02 bits per heavy atom. The van der Waals surface area contributed by atoms with E-state index in [1.807, 2.05) is 174 Å². The van der Waals surface area contributed by atoms with E-state index in [1.54, 1.807) is 25.1 Å². The Hall–Kier alpha value is -3.11. The second-order valence-corrected chi connectivity index (χ2v) is 18.3. The summed E-state index contributed by atoms with van der Waals surface area (Å²) >= 11 is 0. The van der Waals surface area contributed by atoms with E-state index in [9.17, 15) is 33.9 Å². The van der Waals surface area contributed by atoms with Gasteiger partial charge in [0, 0.05) is 183 Å². The third kappa shape index (κ3) is 27.6. The van der Waals surface area contributed by atoms with Crippen LogP contribution in [0.1, 0.15) is 167 Å². The minimum Gasteiger partial charge on any atom is -0.481 e. The van der Waals surface area contributed by atoms with E-state index in [4.69, 9.17) is 0 Å². The molecule has 3 aromatic carbocycles. The van der Waals surface area contributed by atoms with E-state index in [-0.39, 0.29) is 138 Å². The van der Waals surface area contributed by atoms with Gasteiger partial charge in [-0.3, -0.25) is 28.8 Å². The minimum atomic E-state index is -0.676. The zero-order valence-corrected chi connectivity index (χ0v) is 60.6. The number of carbonyl (C=O) groups is 3. The number of fused-ring (bicyclic) bond motifs is 3. The monoisotopic (exact) mass is 1340 g/mol. The summed E-state index contributed by atoms with van der Waals surface area (Å²) in [6.07, 6.45) is 19.1. The van der Waals surface area contributed by atoms with E-state index in [2.05, 4.69) is 33.4 Å². The number of allylic oxidation sites excluding steroid dienone is 1. The molecule has 10 nitrogen and oxygen atoms in total. The van der Waals surface area contributed by atoms with Gasteiger partial charge in [0.1, 0.15) is 5.78 Å². The van der Waals surface area contributed by atoms with E-state index in [1.165, 1.54) is 12.5 Å². The van der Waals surface area contributed by atoms with Crippen molar-refractivity contribution in [3.63, 3.8) is 0 Å². The van der Waals surface area contributed by atoms with Crippen LogP contribution in [-0.4, -0.2) is 36.3 Å². The number of para-hydroxylation sites is 3. The van der Waals surface area contributed by atoms with Crippen molar-refractivity contribution in [1.82, 2.24) is 13.7 Å². The van der Waals surface area contributed by atoms with Crippen LogP contribution in [0, 0.1) is 35.5 Å². The molecule has 3 aromatic heterocycles. The van der Waals surface area contributed by atoms with Gasteiger partial charge in [0.2, 0.25) is 0 Å². The standard InChI is InChI=1S/C19H21NO2.C18H21NO2.C17H19NO3.6C2H6.C2H4.3Y/c1-2-18(21)15-7-5-6-14(12-15)13-20-11-10-19(22)16-8-3-4-9-17(16)20;1-13(20)15-6-4-5-14(11-15)12-19-10-9-18(21)16-7-2-3-8-17(16)19;19-16-8-9-18(15-7-2-1-6-14(15)16)11-12-4-3-5-13(10-12)17(20)21;7*1-2;;;/h2-4,8-11,14-15H,1,5-7,12-13H2;2-3,7-10,14-15H,4-6,11-12H2,1H3;1-2,6-9,12-13H,3-5,10-11H2,(H,20,21);6*1-2H3;1-2H2;;;. The molecule has 3 aliphatic carbocycles. The van der Waals surface area contributed by atoms with Crippen LogP contribution in [0.25, 0.3) is 32.7 Å². The molecule has 3 aliphatic rings. The molecule has 1 N–H and O–H groups in total. The molecule has 3 fully saturated rings. The van der Waals surface area contributed by atoms with Gasteiger partial charge < -0.3 is 18.8 Å². The van der Waals surface area contributed by atoms with Gasteiger partial charge in [-0.05, 0) is 125 Å². The molecule has 9 rings (SSSR count). The fourth-order valence-electron chi connectivity index (χ4n) is 10.5. The van der Waals surface area contributed by atoms with Crippen molar-refractivity contribution in [2.45, 2.75) is 187 Å². The molecule has 13 heteroatoms. The van der Waals surface area contributed by atoms with Crippen LogP contribution in [-0.2, 0) is 132 Å². The topological polar surface area (TPSA) is 137 Å². The number of carbonyl (C=O) groups excluding carboxylic acids is 2. The molecule has 6 atom stereocenters. The number of carboxylic acid groups (broad SMARTS) is 1. The quantitative estimate of drug-likeness (QED) is 0.106. The number of aromatic nitrogens is 3. The van der Waals surface area contributed by atoms with Crippen molar-refractivity contribution in [2.75, 3.05) is 0 Å². The van der Waals surface area contributed by atoms with Crippen LogP contribution >= 0.6 is 0 Å². The van der Waals surface area contributed by atoms with E-state index in [0.29, 0.717) is 23.5 Å².